The molecule has 2 aromatic rings. The maximum Gasteiger partial charge on any atom is 0.0297 e. The van der Waals surface area contributed by atoms with Gasteiger partial charge in [-0.05, 0) is 41.5 Å². The molecular weight excluding hydrogens is 254 g/mol. The predicted octanol–water partition coefficient (Wildman–Crippen LogP) is 5.14. The number of rotatable bonds is 4. The second-order valence-electron chi connectivity index (χ2n) is 6.91. The van der Waals surface area contributed by atoms with Crippen molar-refractivity contribution in [3.8, 4) is 0 Å². The Morgan fingerprint density at radius 1 is 0.952 bits per heavy atom. The topological polar surface area (TPSA) is 12.0 Å². The molecule has 0 saturated carbocycles. The molecule has 0 aliphatic heterocycles. The van der Waals surface area contributed by atoms with Crippen LogP contribution in [0.25, 0.3) is 0 Å². The highest BCUT2D eigenvalue weighted by atomic mass is 14.9. The van der Waals surface area contributed by atoms with Crippen LogP contribution < -0.4 is 5.32 Å². The molecule has 0 aromatic heterocycles. The fraction of sp³-hybridized carbons (Fsp3) is 0.400. The van der Waals surface area contributed by atoms with Crippen molar-refractivity contribution in [3.05, 3.63) is 70.8 Å². The van der Waals surface area contributed by atoms with Gasteiger partial charge in [-0.3, -0.25) is 0 Å². The molecule has 0 radical (unpaired) electrons. The molecular formula is C20H27N. The van der Waals surface area contributed by atoms with Crippen LogP contribution in [0.4, 0.5) is 0 Å². The zero-order valence-corrected chi connectivity index (χ0v) is 13.9. The lowest BCUT2D eigenvalue weighted by atomic mass is 9.87. The van der Waals surface area contributed by atoms with Gasteiger partial charge in [0, 0.05) is 12.6 Å². The third-order valence-electron chi connectivity index (χ3n) is 4.09. The molecule has 0 bridgehead atoms. The van der Waals surface area contributed by atoms with Gasteiger partial charge in [0.25, 0.3) is 0 Å². The highest BCUT2D eigenvalue weighted by molar-refractivity contribution is 5.29. The van der Waals surface area contributed by atoms with E-state index in [1.807, 2.05) is 0 Å². The Bertz CT molecular complexity index is 576. The maximum atomic E-state index is 3.61. The quantitative estimate of drug-likeness (QED) is 0.818. The van der Waals surface area contributed by atoms with Crippen molar-refractivity contribution in [1.29, 1.82) is 0 Å². The lowest BCUT2D eigenvalue weighted by molar-refractivity contribution is 0.569. The van der Waals surface area contributed by atoms with E-state index in [0.717, 1.165) is 6.54 Å². The largest absolute Gasteiger partial charge is 0.306 e. The van der Waals surface area contributed by atoms with Crippen LogP contribution in [-0.4, -0.2) is 0 Å². The van der Waals surface area contributed by atoms with E-state index in [1.54, 1.807) is 0 Å². The molecule has 0 unspecified atom stereocenters. The van der Waals surface area contributed by atoms with Crippen LogP contribution in [0.15, 0.2) is 48.5 Å². The first-order valence-corrected chi connectivity index (χ1v) is 7.76. The third kappa shape index (κ3) is 4.18. The SMILES string of the molecule is Cc1ccccc1[C@H](C)NCc1ccc(C(C)(C)C)cc1. The zero-order valence-electron chi connectivity index (χ0n) is 13.9. The molecule has 1 nitrogen and oxygen atoms in total. The smallest absolute Gasteiger partial charge is 0.0297 e. The van der Waals surface area contributed by atoms with Crippen LogP contribution in [0.1, 0.15) is 56.0 Å². The molecule has 0 heterocycles. The summed E-state index contributed by atoms with van der Waals surface area (Å²) < 4.78 is 0. The van der Waals surface area contributed by atoms with Crippen molar-refractivity contribution >= 4 is 0 Å². The zero-order chi connectivity index (χ0) is 15.5. The van der Waals surface area contributed by atoms with Gasteiger partial charge in [0.05, 0.1) is 0 Å². The lowest BCUT2D eigenvalue weighted by Crippen LogP contribution is -2.19. The van der Waals surface area contributed by atoms with Gasteiger partial charge in [0.15, 0.2) is 0 Å². The minimum atomic E-state index is 0.223. The van der Waals surface area contributed by atoms with Gasteiger partial charge in [0.1, 0.15) is 0 Å². The normalized spacial score (nSPS) is 13.2. The summed E-state index contributed by atoms with van der Waals surface area (Å²) in [5.41, 5.74) is 5.67. The molecule has 2 aromatic carbocycles. The molecule has 0 saturated heterocycles. The summed E-state index contributed by atoms with van der Waals surface area (Å²) in [4.78, 5) is 0. The van der Waals surface area contributed by atoms with Gasteiger partial charge < -0.3 is 5.32 Å². The van der Waals surface area contributed by atoms with E-state index in [1.165, 1.54) is 22.3 Å². The van der Waals surface area contributed by atoms with Crippen molar-refractivity contribution in [1.82, 2.24) is 5.32 Å². The van der Waals surface area contributed by atoms with Crippen LogP contribution >= 0.6 is 0 Å². The Balaban J connectivity index is 1.99. The summed E-state index contributed by atoms with van der Waals surface area (Å²) in [5.74, 6) is 0. The van der Waals surface area contributed by atoms with Crippen molar-refractivity contribution in [2.24, 2.45) is 0 Å². The molecule has 1 N–H and O–H groups in total. The van der Waals surface area contributed by atoms with E-state index >= 15 is 0 Å². The maximum absolute atomic E-state index is 3.61. The number of benzene rings is 2. The number of hydrogen-bond donors (Lipinski definition) is 1. The van der Waals surface area contributed by atoms with Gasteiger partial charge in [0.2, 0.25) is 0 Å². The minimum absolute atomic E-state index is 0.223. The fourth-order valence-electron chi connectivity index (χ4n) is 2.58. The van der Waals surface area contributed by atoms with Gasteiger partial charge >= 0.3 is 0 Å². The van der Waals surface area contributed by atoms with Gasteiger partial charge in [-0.25, -0.2) is 0 Å². The Kier molecular flexibility index (Phi) is 4.84. The summed E-state index contributed by atoms with van der Waals surface area (Å²) >= 11 is 0. The average molecular weight is 281 g/mol. The second kappa shape index (κ2) is 6.44. The minimum Gasteiger partial charge on any atom is -0.306 e. The van der Waals surface area contributed by atoms with Crippen molar-refractivity contribution in [3.63, 3.8) is 0 Å². The molecule has 1 atom stereocenters. The van der Waals surface area contributed by atoms with Crippen LogP contribution in [0.2, 0.25) is 0 Å². The highest BCUT2D eigenvalue weighted by Gasteiger charge is 2.13. The Labute approximate surface area is 129 Å². The van der Waals surface area contributed by atoms with Crippen molar-refractivity contribution in [2.75, 3.05) is 0 Å². The van der Waals surface area contributed by atoms with Crippen molar-refractivity contribution < 1.29 is 0 Å². The standard InChI is InChI=1S/C20H27N/c1-15-8-6-7-9-19(15)16(2)21-14-17-10-12-18(13-11-17)20(3,4)5/h6-13,16,21H,14H2,1-5H3/t16-/m0/s1. The summed E-state index contributed by atoms with van der Waals surface area (Å²) in [7, 11) is 0. The van der Waals surface area contributed by atoms with Crippen LogP contribution in [0.3, 0.4) is 0 Å². The first-order chi connectivity index (χ1) is 9.88. The van der Waals surface area contributed by atoms with E-state index in [2.05, 4.69) is 88.5 Å². The molecule has 21 heavy (non-hydrogen) atoms. The summed E-state index contributed by atoms with van der Waals surface area (Å²) in [6, 6.07) is 17.9. The summed E-state index contributed by atoms with van der Waals surface area (Å²) in [6.07, 6.45) is 0. The summed E-state index contributed by atoms with van der Waals surface area (Å²) in [5, 5.41) is 3.61. The number of hydrogen-bond acceptors (Lipinski definition) is 1. The van der Waals surface area contributed by atoms with E-state index in [0.29, 0.717) is 6.04 Å². The number of aryl methyl sites for hydroxylation is 1. The molecule has 0 amide bonds. The monoisotopic (exact) mass is 281 g/mol. The molecule has 2 rings (SSSR count). The van der Waals surface area contributed by atoms with Gasteiger partial charge in [-0.15, -0.1) is 0 Å². The fourth-order valence-corrected chi connectivity index (χ4v) is 2.58. The van der Waals surface area contributed by atoms with Gasteiger partial charge in [-0.2, -0.15) is 0 Å². The molecule has 112 valence electrons. The molecule has 0 aliphatic carbocycles. The highest BCUT2D eigenvalue weighted by Crippen LogP contribution is 2.22. The average Bonchev–Trinajstić information content (AvgIpc) is 2.45. The van der Waals surface area contributed by atoms with Gasteiger partial charge in [-0.1, -0.05) is 69.3 Å². The number of nitrogens with one attached hydrogen (secondary N) is 1. The Hall–Kier alpha value is -1.60. The molecule has 1 heteroatoms. The molecule has 0 fully saturated rings. The third-order valence-corrected chi connectivity index (χ3v) is 4.09. The van der Waals surface area contributed by atoms with Crippen LogP contribution in [-0.2, 0) is 12.0 Å². The van der Waals surface area contributed by atoms with Crippen LogP contribution in [0.5, 0.6) is 0 Å². The Morgan fingerprint density at radius 2 is 1.57 bits per heavy atom. The summed E-state index contributed by atoms with van der Waals surface area (Å²) in [6.45, 7) is 12.1. The first kappa shape index (κ1) is 15.8. The predicted molar refractivity (Wildman–Crippen MR) is 91.6 cm³/mol. The Morgan fingerprint density at radius 3 is 2.14 bits per heavy atom. The van der Waals surface area contributed by atoms with E-state index < -0.39 is 0 Å². The molecule has 0 aliphatic rings. The van der Waals surface area contributed by atoms with E-state index in [4.69, 9.17) is 0 Å². The lowest BCUT2D eigenvalue weighted by Gasteiger charge is -2.20. The van der Waals surface area contributed by atoms with Crippen molar-refractivity contribution in [2.45, 2.75) is 52.6 Å². The van der Waals surface area contributed by atoms with Crippen LogP contribution in [0, 0.1) is 6.92 Å². The van der Waals surface area contributed by atoms with E-state index in [9.17, 15) is 0 Å². The first-order valence-electron chi connectivity index (χ1n) is 7.76. The molecule has 0 spiro atoms. The van der Waals surface area contributed by atoms with E-state index in [-0.39, 0.29) is 5.41 Å². The second-order valence-corrected chi connectivity index (χ2v) is 6.91.